The van der Waals surface area contributed by atoms with E-state index in [1.54, 1.807) is 11.3 Å². The zero-order chi connectivity index (χ0) is 9.14. The molecule has 0 aliphatic heterocycles. The third-order valence-corrected chi connectivity index (χ3v) is 4.17. The van der Waals surface area contributed by atoms with Crippen molar-refractivity contribution in [2.75, 3.05) is 5.75 Å². The van der Waals surface area contributed by atoms with E-state index in [0.717, 1.165) is 16.5 Å². The third kappa shape index (κ3) is 2.38. The minimum absolute atomic E-state index is 0.621. The Morgan fingerprint density at radius 1 is 1.50 bits per heavy atom. The quantitative estimate of drug-likeness (QED) is 0.752. The fourth-order valence-electron chi connectivity index (χ4n) is 0.841. The van der Waals surface area contributed by atoms with E-state index in [2.05, 4.69) is 4.98 Å². The van der Waals surface area contributed by atoms with Crippen LogP contribution in [-0.4, -0.2) is 14.9 Å². The molecule has 0 aliphatic rings. The lowest BCUT2D eigenvalue weighted by molar-refractivity contribution is 0.683. The van der Waals surface area contributed by atoms with Crippen LogP contribution in [0.5, 0.6) is 0 Å². The fraction of sp³-hybridized carbons (Fsp3) is 0.625. The largest absolute Gasteiger partial charge is 0.259 e. The second-order valence-electron chi connectivity index (χ2n) is 2.62. The van der Waals surface area contributed by atoms with Gasteiger partial charge in [0.15, 0.2) is 0 Å². The molecule has 0 bridgehead atoms. The van der Waals surface area contributed by atoms with Crippen LogP contribution in [0, 0.1) is 13.8 Å². The lowest BCUT2D eigenvalue weighted by Crippen LogP contribution is -1.96. The van der Waals surface area contributed by atoms with Gasteiger partial charge >= 0.3 is 0 Å². The summed E-state index contributed by atoms with van der Waals surface area (Å²) in [6.07, 6.45) is 0. The summed E-state index contributed by atoms with van der Waals surface area (Å²) in [5.41, 5.74) is 1.07. The number of aromatic nitrogens is 1. The molecule has 1 aromatic rings. The zero-order valence-electron chi connectivity index (χ0n) is 7.59. The Labute approximate surface area is 79.5 Å². The van der Waals surface area contributed by atoms with Gasteiger partial charge in [-0.3, -0.25) is 4.21 Å². The van der Waals surface area contributed by atoms with Crippen LogP contribution in [0.1, 0.15) is 22.5 Å². The first-order valence-corrected chi connectivity index (χ1v) is 6.21. The molecule has 1 atom stereocenters. The molecule has 12 heavy (non-hydrogen) atoms. The molecular weight excluding hydrogens is 190 g/mol. The van der Waals surface area contributed by atoms with Crippen LogP contribution in [0.2, 0.25) is 0 Å². The van der Waals surface area contributed by atoms with Crippen molar-refractivity contribution in [1.82, 2.24) is 4.98 Å². The van der Waals surface area contributed by atoms with Crippen LogP contribution in [-0.2, 0) is 16.6 Å². The lowest BCUT2D eigenvalue weighted by atomic mass is 10.4. The molecule has 1 unspecified atom stereocenters. The van der Waals surface area contributed by atoms with Gasteiger partial charge in [-0.1, -0.05) is 6.92 Å². The smallest absolute Gasteiger partial charge is 0.106 e. The van der Waals surface area contributed by atoms with E-state index in [0.29, 0.717) is 5.75 Å². The molecule has 0 fully saturated rings. The molecule has 0 radical (unpaired) electrons. The average Bonchev–Trinajstić information content (AvgIpc) is 2.31. The SMILES string of the molecule is CCS(=O)Cc1nc(C)c(C)s1. The molecule has 0 N–H and O–H groups in total. The summed E-state index contributed by atoms with van der Waals surface area (Å²) in [5.74, 6) is 1.34. The second-order valence-corrected chi connectivity index (χ2v) is 5.66. The predicted molar refractivity (Wildman–Crippen MR) is 54.0 cm³/mol. The van der Waals surface area contributed by atoms with Crippen LogP contribution >= 0.6 is 11.3 Å². The Kier molecular flexibility index (Phi) is 3.40. The molecular formula is C8H13NOS2. The van der Waals surface area contributed by atoms with Crippen molar-refractivity contribution in [2.24, 2.45) is 0 Å². The van der Waals surface area contributed by atoms with Gasteiger partial charge in [-0.05, 0) is 13.8 Å². The van der Waals surface area contributed by atoms with Gasteiger partial charge in [-0.15, -0.1) is 11.3 Å². The summed E-state index contributed by atoms with van der Waals surface area (Å²) in [7, 11) is -0.725. The topological polar surface area (TPSA) is 30.0 Å². The van der Waals surface area contributed by atoms with Crippen molar-refractivity contribution in [3.05, 3.63) is 15.6 Å². The van der Waals surface area contributed by atoms with Crippen LogP contribution in [0.25, 0.3) is 0 Å². The Hall–Kier alpha value is -0.220. The number of nitrogens with zero attached hydrogens (tertiary/aromatic N) is 1. The second kappa shape index (κ2) is 4.14. The molecule has 0 amide bonds. The van der Waals surface area contributed by atoms with Crippen molar-refractivity contribution < 1.29 is 4.21 Å². The highest BCUT2D eigenvalue weighted by Crippen LogP contribution is 2.17. The van der Waals surface area contributed by atoms with Gasteiger partial charge in [0.05, 0.1) is 11.4 Å². The van der Waals surface area contributed by atoms with Gasteiger partial charge in [0.2, 0.25) is 0 Å². The van der Waals surface area contributed by atoms with E-state index in [1.807, 2.05) is 20.8 Å². The summed E-state index contributed by atoms with van der Waals surface area (Å²) in [6.45, 7) is 5.97. The van der Waals surface area contributed by atoms with Gasteiger partial charge in [-0.2, -0.15) is 0 Å². The first-order valence-electron chi connectivity index (χ1n) is 3.91. The summed E-state index contributed by atoms with van der Waals surface area (Å²) in [6, 6.07) is 0. The maximum atomic E-state index is 11.2. The van der Waals surface area contributed by atoms with E-state index in [4.69, 9.17) is 0 Å². The van der Waals surface area contributed by atoms with Gasteiger partial charge in [0.25, 0.3) is 0 Å². The highest BCUT2D eigenvalue weighted by molar-refractivity contribution is 7.84. The third-order valence-electron chi connectivity index (χ3n) is 1.68. The Balaban J connectivity index is 2.70. The molecule has 4 heteroatoms. The van der Waals surface area contributed by atoms with Crippen molar-refractivity contribution in [2.45, 2.75) is 26.5 Å². The van der Waals surface area contributed by atoms with Crippen molar-refractivity contribution >= 4 is 22.1 Å². The van der Waals surface area contributed by atoms with Gasteiger partial charge < -0.3 is 0 Å². The molecule has 0 saturated carbocycles. The Morgan fingerprint density at radius 2 is 2.17 bits per heavy atom. The maximum absolute atomic E-state index is 11.2. The summed E-state index contributed by atoms with van der Waals surface area (Å²) < 4.78 is 11.2. The van der Waals surface area contributed by atoms with Gasteiger partial charge in [0.1, 0.15) is 5.01 Å². The monoisotopic (exact) mass is 203 g/mol. The number of rotatable bonds is 3. The zero-order valence-corrected chi connectivity index (χ0v) is 9.22. The highest BCUT2D eigenvalue weighted by atomic mass is 32.2. The first-order chi connectivity index (χ1) is 5.63. The fourth-order valence-corrected chi connectivity index (χ4v) is 2.74. The van der Waals surface area contributed by atoms with Crippen molar-refractivity contribution in [1.29, 1.82) is 0 Å². The maximum Gasteiger partial charge on any atom is 0.106 e. The van der Waals surface area contributed by atoms with Crippen LogP contribution in [0.4, 0.5) is 0 Å². The first kappa shape index (κ1) is 9.86. The summed E-state index contributed by atoms with van der Waals surface area (Å²) in [4.78, 5) is 5.56. The standard InChI is InChI=1S/C8H13NOS2/c1-4-12(10)5-8-9-6(2)7(3)11-8/h4-5H2,1-3H3. The number of aryl methyl sites for hydroxylation is 2. The van der Waals surface area contributed by atoms with Crippen LogP contribution in [0.3, 0.4) is 0 Å². The number of hydrogen-bond donors (Lipinski definition) is 0. The Morgan fingerprint density at radius 3 is 2.58 bits per heavy atom. The molecule has 2 nitrogen and oxygen atoms in total. The molecule has 0 aliphatic carbocycles. The number of thiazole rings is 1. The van der Waals surface area contributed by atoms with E-state index < -0.39 is 10.8 Å². The van der Waals surface area contributed by atoms with E-state index >= 15 is 0 Å². The predicted octanol–water partition coefficient (Wildman–Crippen LogP) is 2.03. The van der Waals surface area contributed by atoms with Crippen molar-refractivity contribution in [3.63, 3.8) is 0 Å². The molecule has 1 rings (SSSR count). The summed E-state index contributed by atoms with van der Waals surface area (Å²) >= 11 is 1.65. The van der Waals surface area contributed by atoms with Gasteiger partial charge in [0, 0.05) is 21.4 Å². The van der Waals surface area contributed by atoms with Crippen molar-refractivity contribution in [3.8, 4) is 0 Å². The molecule has 68 valence electrons. The van der Waals surface area contributed by atoms with E-state index in [9.17, 15) is 4.21 Å². The van der Waals surface area contributed by atoms with Gasteiger partial charge in [-0.25, -0.2) is 4.98 Å². The van der Waals surface area contributed by atoms with Crippen LogP contribution in [0.15, 0.2) is 0 Å². The molecule has 0 aromatic carbocycles. The van der Waals surface area contributed by atoms with E-state index in [-0.39, 0.29) is 0 Å². The molecule has 1 heterocycles. The summed E-state index contributed by atoms with van der Waals surface area (Å²) in [5, 5.41) is 1.00. The molecule has 0 saturated heterocycles. The average molecular weight is 203 g/mol. The minimum Gasteiger partial charge on any atom is -0.259 e. The minimum atomic E-state index is -0.725. The van der Waals surface area contributed by atoms with E-state index in [1.165, 1.54) is 4.88 Å². The number of hydrogen-bond acceptors (Lipinski definition) is 3. The normalized spacial score (nSPS) is 13.2. The molecule has 0 spiro atoms. The lowest BCUT2D eigenvalue weighted by Gasteiger charge is -1.92. The Bertz CT molecular complexity index is 274. The molecule has 1 aromatic heterocycles. The highest BCUT2D eigenvalue weighted by Gasteiger charge is 2.05. The van der Waals surface area contributed by atoms with Crippen LogP contribution < -0.4 is 0 Å².